The van der Waals surface area contributed by atoms with Crippen molar-refractivity contribution >= 4 is 11.5 Å². The molecule has 0 saturated carbocycles. The molecule has 0 spiro atoms. The molecule has 0 unspecified atom stereocenters. The molecule has 2 heteroatoms. The van der Waals surface area contributed by atoms with Crippen molar-refractivity contribution in [2.45, 2.75) is 12.8 Å². The highest BCUT2D eigenvalue weighted by Crippen LogP contribution is 2.35. The quantitative estimate of drug-likeness (QED) is 0.619. The summed E-state index contributed by atoms with van der Waals surface area (Å²) in [5.41, 5.74) is 2.44. The Morgan fingerprint density at radius 2 is 2.00 bits per heavy atom. The van der Waals surface area contributed by atoms with Crippen LogP contribution in [0.15, 0.2) is 24.3 Å². The third kappa shape index (κ3) is 0.779. The summed E-state index contributed by atoms with van der Waals surface area (Å²) in [6.45, 7) is 2.07. The maximum atomic E-state index is 7.77. The summed E-state index contributed by atoms with van der Waals surface area (Å²) < 4.78 is 0. The molecule has 2 rings (SSSR count). The second kappa shape index (κ2) is 2.34. The van der Waals surface area contributed by atoms with E-state index >= 15 is 0 Å². The van der Waals surface area contributed by atoms with Gasteiger partial charge in [-0.3, -0.25) is 5.41 Å². The number of benzene rings is 1. The number of para-hydroxylation sites is 1. The lowest BCUT2D eigenvalue weighted by Crippen LogP contribution is -2.21. The number of nitrogens with zero attached hydrogens (tertiary/aromatic N) is 1. The zero-order chi connectivity index (χ0) is 8.72. The molecule has 0 aliphatic carbocycles. The van der Waals surface area contributed by atoms with Crippen molar-refractivity contribution in [3.05, 3.63) is 29.8 Å². The number of fused-ring (bicyclic) bond motifs is 1. The molecule has 62 valence electrons. The molecule has 0 fully saturated rings. The monoisotopic (exact) mass is 160 g/mol. The van der Waals surface area contributed by atoms with Crippen LogP contribution in [-0.4, -0.2) is 12.9 Å². The second-order valence-electron chi connectivity index (χ2n) is 3.22. The molecule has 0 saturated heterocycles. The van der Waals surface area contributed by atoms with E-state index in [1.807, 2.05) is 24.1 Å². The molecule has 1 aliphatic heterocycles. The molecule has 12 heavy (non-hydrogen) atoms. The maximum Gasteiger partial charge on any atom is 0.107 e. The molecule has 1 aliphatic rings. The summed E-state index contributed by atoms with van der Waals surface area (Å²) in [6.07, 6.45) is 0. The van der Waals surface area contributed by atoms with Gasteiger partial charge in [0, 0.05) is 18.7 Å². The number of likely N-dealkylation sites (N-methyl/N-ethyl adjacent to an activating group) is 1. The maximum absolute atomic E-state index is 7.77. The SMILES string of the molecule is C[C@@H]1C(=N)N(C)c2ccccc21. The zero-order valence-electron chi connectivity index (χ0n) is 7.33. The van der Waals surface area contributed by atoms with E-state index in [0.29, 0.717) is 5.84 Å². The van der Waals surface area contributed by atoms with Gasteiger partial charge in [-0.05, 0) is 11.6 Å². The van der Waals surface area contributed by atoms with E-state index in [0.717, 1.165) is 0 Å². The summed E-state index contributed by atoms with van der Waals surface area (Å²) in [5, 5.41) is 7.77. The fourth-order valence-electron chi connectivity index (χ4n) is 1.73. The average molecular weight is 160 g/mol. The predicted molar refractivity (Wildman–Crippen MR) is 51.0 cm³/mol. The largest absolute Gasteiger partial charge is 0.333 e. The van der Waals surface area contributed by atoms with Gasteiger partial charge in [-0.2, -0.15) is 0 Å². The summed E-state index contributed by atoms with van der Waals surface area (Å²) in [4.78, 5) is 1.94. The minimum atomic E-state index is 0.256. The first-order chi connectivity index (χ1) is 5.72. The first-order valence-electron chi connectivity index (χ1n) is 4.13. The van der Waals surface area contributed by atoms with Crippen molar-refractivity contribution in [1.82, 2.24) is 0 Å². The van der Waals surface area contributed by atoms with E-state index in [9.17, 15) is 0 Å². The highest BCUT2D eigenvalue weighted by Gasteiger charge is 2.27. The summed E-state index contributed by atoms with van der Waals surface area (Å²) >= 11 is 0. The highest BCUT2D eigenvalue weighted by atomic mass is 15.2. The van der Waals surface area contributed by atoms with E-state index in [2.05, 4.69) is 19.1 Å². The Kier molecular flexibility index (Phi) is 1.43. The Bertz CT molecular complexity index is 299. The lowest BCUT2D eigenvalue weighted by molar-refractivity contribution is 1.03. The molecular weight excluding hydrogens is 148 g/mol. The van der Waals surface area contributed by atoms with Gasteiger partial charge < -0.3 is 4.90 Å². The molecule has 1 aromatic rings. The minimum Gasteiger partial charge on any atom is -0.333 e. The van der Waals surface area contributed by atoms with Crippen LogP contribution in [0.2, 0.25) is 0 Å². The van der Waals surface area contributed by atoms with Crippen molar-refractivity contribution in [3.8, 4) is 0 Å². The highest BCUT2D eigenvalue weighted by molar-refractivity contribution is 6.05. The number of rotatable bonds is 0. The summed E-state index contributed by atoms with van der Waals surface area (Å²) in [7, 11) is 1.95. The van der Waals surface area contributed by atoms with Crippen LogP contribution in [0.25, 0.3) is 0 Å². The molecule has 2 nitrogen and oxygen atoms in total. The van der Waals surface area contributed by atoms with Crippen molar-refractivity contribution in [3.63, 3.8) is 0 Å². The van der Waals surface area contributed by atoms with Crippen molar-refractivity contribution in [2.24, 2.45) is 0 Å². The van der Waals surface area contributed by atoms with E-state index in [-0.39, 0.29) is 5.92 Å². The lowest BCUT2D eigenvalue weighted by Gasteiger charge is -2.11. The summed E-state index contributed by atoms with van der Waals surface area (Å²) in [5.74, 6) is 0.947. The molecular formula is C10H12N2. The third-order valence-corrected chi connectivity index (χ3v) is 2.54. The second-order valence-corrected chi connectivity index (χ2v) is 3.22. The Labute approximate surface area is 72.3 Å². The van der Waals surface area contributed by atoms with Crippen LogP contribution in [0.4, 0.5) is 5.69 Å². The van der Waals surface area contributed by atoms with Crippen LogP contribution in [0.3, 0.4) is 0 Å². The third-order valence-electron chi connectivity index (χ3n) is 2.54. The smallest absolute Gasteiger partial charge is 0.107 e. The lowest BCUT2D eigenvalue weighted by atomic mass is 10.0. The fourth-order valence-corrected chi connectivity index (χ4v) is 1.73. The Balaban J connectivity index is 2.59. The Morgan fingerprint density at radius 3 is 2.67 bits per heavy atom. The fraction of sp³-hybridized carbons (Fsp3) is 0.300. The van der Waals surface area contributed by atoms with Gasteiger partial charge in [0.05, 0.1) is 0 Å². The normalized spacial score (nSPS) is 21.3. The average Bonchev–Trinajstić information content (AvgIpc) is 2.33. The molecule has 0 radical (unpaired) electrons. The van der Waals surface area contributed by atoms with Crippen molar-refractivity contribution in [2.75, 3.05) is 11.9 Å². The van der Waals surface area contributed by atoms with E-state index in [1.54, 1.807) is 0 Å². The standard InChI is InChI=1S/C10H12N2/c1-7-8-5-3-4-6-9(8)12(2)10(7)11/h3-7,11H,1-2H3/t7-/m0/s1. The first-order valence-corrected chi connectivity index (χ1v) is 4.13. The molecule has 0 amide bonds. The number of hydrogen-bond donors (Lipinski definition) is 1. The molecule has 1 aromatic carbocycles. The minimum absolute atomic E-state index is 0.256. The number of nitrogens with one attached hydrogen (secondary N) is 1. The van der Waals surface area contributed by atoms with Crippen molar-refractivity contribution < 1.29 is 0 Å². The van der Waals surface area contributed by atoms with E-state index < -0.39 is 0 Å². The van der Waals surface area contributed by atoms with Gasteiger partial charge in [0.1, 0.15) is 5.84 Å². The van der Waals surface area contributed by atoms with Gasteiger partial charge in [-0.15, -0.1) is 0 Å². The van der Waals surface area contributed by atoms with Gasteiger partial charge >= 0.3 is 0 Å². The van der Waals surface area contributed by atoms with Crippen LogP contribution in [-0.2, 0) is 0 Å². The van der Waals surface area contributed by atoms with Gasteiger partial charge in [0.2, 0.25) is 0 Å². The first kappa shape index (κ1) is 7.35. The molecule has 0 aromatic heterocycles. The zero-order valence-corrected chi connectivity index (χ0v) is 7.33. The van der Waals surface area contributed by atoms with Crippen LogP contribution in [0.5, 0.6) is 0 Å². The van der Waals surface area contributed by atoms with Crippen molar-refractivity contribution in [1.29, 1.82) is 5.41 Å². The number of hydrogen-bond acceptors (Lipinski definition) is 1. The molecule has 1 N–H and O–H groups in total. The molecule has 1 atom stereocenters. The predicted octanol–water partition coefficient (Wildman–Crippen LogP) is 2.22. The summed E-state index contributed by atoms with van der Waals surface area (Å²) in [6, 6.07) is 8.20. The van der Waals surface area contributed by atoms with Gasteiger partial charge in [-0.1, -0.05) is 25.1 Å². The molecule has 1 heterocycles. The van der Waals surface area contributed by atoms with Crippen LogP contribution in [0.1, 0.15) is 18.4 Å². The topological polar surface area (TPSA) is 27.1 Å². The van der Waals surface area contributed by atoms with Gasteiger partial charge in [-0.25, -0.2) is 0 Å². The van der Waals surface area contributed by atoms with Crippen LogP contribution >= 0.6 is 0 Å². The molecule has 0 bridgehead atoms. The van der Waals surface area contributed by atoms with Crippen LogP contribution < -0.4 is 4.90 Å². The van der Waals surface area contributed by atoms with E-state index in [4.69, 9.17) is 5.41 Å². The van der Waals surface area contributed by atoms with Gasteiger partial charge in [0.15, 0.2) is 0 Å². The number of anilines is 1. The Morgan fingerprint density at radius 1 is 1.33 bits per heavy atom. The van der Waals surface area contributed by atoms with Crippen LogP contribution in [0, 0.1) is 5.41 Å². The Hall–Kier alpha value is -1.31. The van der Waals surface area contributed by atoms with Gasteiger partial charge in [0.25, 0.3) is 0 Å². The van der Waals surface area contributed by atoms with E-state index in [1.165, 1.54) is 11.3 Å². The number of amidine groups is 1.